The molecule has 3 rings (SSSR count). The van der Waals surface area contributed by atoms with Crippen molar-refractivity contribution in [2.45, 2.75) is 26.7 Å². The van der Waals surface area contributed by atoms with E-state index in [0.717, 1.165) is 15.0 Å². The Morgan fingerprint density at radius 3 is 2.74 bits per heavy atom. The highest BCUT2D eigenvalue weighted by atomic mass is 127. The van der Waals surface area contributed by atoms with E-state index in [4.69, 9.17) is 4.52 Å². The third kappa shape index (κ3) is 3.08. The fraction of sp³-hybridized carbons (Fsp3) is 0.235. The Morgan fingerprint density at radius 1 is 1.30 bits per heavy atom. The van der Waals surface area contributed by atoms with Gasteiger partial charge in [0.15, 0.2) is 0 Å². The molecule has 0 saturated heterocycles. The average molecular weight is 421 g/mol. The average Bonchev–Trinajstić information content (AvgIpc) is 2.90. The number of halogens is 1. The zero-order valence-electron chi connectivity index (χ0n) is 13.1. The first-order chi connectivity index (χ1) is 11.0. The Hall–Kier alpha value is -1.96. The van der Waals surface area contributed by atoms with Crippen LogP contribution in [0.3, 0.4) is 0 Å². The molecule has 0 saturated carbocycles. The van der Waals surface area contributed by atoms with Gasteiger partial charge in [0, 0.05) is 9.26 Å². The van der Waals surface area contributed by atoms with Crippen LogP contribution in [-0.4, -0.2) is 16.0 Å². The van der Waals surface area contributed by atoms with Gasteiger partial charge in [0.25, 0.3) is 11.6 Å². The fourth-order valence-corrected chi connectivity index (χ4v) is 2.86. The minimum Gasteiger partial charge on any atom is -0.336 e. The van der Waals surface area contributed by atoms with Gasteiger partial charge in [0.05, 0.1) is 22.3 Å². The Labute approximate surface area is 147 Å². The number of anilines is 1. The van der Waals surface area contributed by atoms with Crippen LogP contribution < -0.4 is 5.32 Å². The molecular formula is C17H16IN3O2. The van der Waals surface area contributed by atoms with Crippen molar-refractivity contribution in [1.29, 1.82) is 0 Å². The zero-order chi connectivity index (χ0) is 16.6. The summed E-state index contributed by atoms with van der Waals surface area (Å²) in [6, 6.07) is 9.47. The highest BCUT2D eigenvalue weighted by Crippen LogP contribution is 2.26. The quantitative estimate of drug-likeness (QED) is 0.632. The summed E-state index contributed by atoms with van der Waals surface area (Å²) in [7, 11) is 0. The second kappa shape index (κ2) is 6.27. The molecule has 1 aromatic carbocycles. The molecule has 0 radical (unpaired) electrons. The standard InChI is InChI=1S/C17H16IN3O2/c1-9(2)14-8-11(15-10(3)21-23-17(15)20-14)16(22)19-13-7-5-4-6-12(13)18/h4-9H,1-3H3,(H,19,22). The number of carbonyl (C=O) groups is 1. The molecule has 5 nitrogen and oxygen atoms in total. The van der Waals surface area contributed by atoms with Crippen LogP contribution >= 0.6 is 22.6 Å². The molecule has 6 heteroatoms. The van der Waals surface area contributed by atoms with E-state index in [9.17, 15) is 4.79 Å². The van der Waals surface area contributed by atoms with E-state index in [1.165, 1.54) is 0 Å². The first kappa shape index (κ1) is 15.9. The predicted molar refractivity (Wildman–Crippen MR) is 97.7 cm³/mol. The SMILES string of the molecule is Cc1noc2nc(C(C)C)cc(C(=O)Nc3ccccc3I)c12. The van der Waals surface area contributed by atoms with Crippen LogP contribution in [0.5, 0.6) is 0 Å². The number of fused-ring (bicyclic) bond motifs is 1. The number of aromatic nitrogens is 2. The van der Waals surface area contributed by atoms with Gasteiger partial charge in [-0.15, -0.1) is 0 Å². The highest BCUT2D eigenvalue weighted by molar-refractivity contribution is 14.1. The van der Waals surface area contributed by atoms with Gasteiger partial charge in [0.1, 0.15) is 0 Å². The Bertz CT molecular complexity index is 887. The summed E-state index contributed by atoms with van der Waals surface area (Å²) in [5, 5.41) is 7.57. The summed E-state index contributed by atoms with van der Waals surface area (Å²) in [6.07, 6.45) is 0. The number of nitrogens with zero attached hydrogens (tertiary/aromatic N) is 2. The fourth-order valence-electron chi connectivity index (χ4n) is 2.34. The zero-order valence-corrected chi connectivity index (χ0v) is 15.2. The number of carbonyl (C=O) groups excluding carboxylic acids is 1. The van der Waals surface area contributed by atoms with Crippen molar-refractivity contribution in [3.63, 3.8) is 0 Å². The van der Waals surface area contributed by atoms with Crippen molar-refractivity contribution in [3.05, 3.63) is 50.9 Å². The number of aryl methyl sites for hydroxylation is 1. The first-order valence-corrected chi connectivity index (χ1v) is 8.38. The number of rotatable bonds is 3. The molecule has 2 aromatic heterocycles. The number of nitrogens with one attached hydrogen (secondary N) is 1. The molecule has 23 heavy (non-hydrogen) atoms. The molecular weight excluding hydrogens is 405 g/mol. The van der Waals surface area contributed by atoms with Crippen LogP contribution in [0.2, 0.25) is 0 Å². The van der Waals surface area contributed by atoms with Crippen LogP contribution in [0.4, 0.5) is 5.69 Å². The van der Waals surface area contributed by atoms with E-state index in [2.05, 4.69) is 38.0 Å². The second-order valence-electron chi connectivity index (χ2n) is 5.63. The minimum atomic E-state index is -0.185. The molecule has 0 aliphatic rings. The van der Waals surface area contributed by atoms with Crippen molar-refractivity contribution in [2.24, 2.45) is 0 Å². The van der Waals surface area contributed by atoms with Crippen molar-refractivity contribution in [2.75, 3.05) is 5.32 Å². The lowest BCUT2D eigenvalue weighted by atomic mass is 10.0. The largest absolute Gasteiger partial charge is 0.336 e. The van der Waals surface area contributed by atoms with Gasteiger partial charge in [-0.2, -0.15) is 0 Å². The molecule has 118 valence electrons. The smallest absolute Gasteiger partial charge is 0.259 e. The Balaban J connectivity index is 2.09. The lowest BCUT2D eigenvalue weighted by Gasteiger charge is -2.10. The molecule has 0 unspecified atom stereocenters. The van der Waals surface area contributed by atoms with E-state index >= 15 is 0 Å². The number of hydrogen-bond acceptors (Lipinski definition) is 4. The molecule has 0 fully saturated rings. The molecule has 0 aliphatic carbocycles. The minimum absolute atomic E-state index is 0.185. The summed E-state index contributed by atoms with van der Waals surface area (Å²) in [5.41, 5.74) is 3.19. The van der Waals surface area contributed by atoms with Crippen LogP contribution in [-0.2, 0) is 0 Å². The number of benzene rings is 1. The van der Waals surface area contributed by atoms with Crippen LogP contribution in [0, 0.1) is 10.5 Å². The van der Waals surface area contributed by atoms with Gasteiger partial charge in [-0.1, -0.05) is 31.1 Å². The Morgan fingerprint density at radius 2 is 2.04 bits per heavy atom. The highest BCUT2D eigenvalue weighted by Gasteiger charge is 2.20. The van der Waals surface area contributed by atoms with Gasteiger partial charge in [0.2, 0.25) is 0 Å². The van der Waals surface area contributed by atoms with Gasteiger partial charge < -0.3 is 9.84 Å². The molecule has 1 N–H and O–H groups in total. The number of hydrogen-bond donors (Lipinski definition) is 1. The van der Waals surface area contributed by atoms with Crippen LogP contribution in [0.1, 0.15) is 41.5 Å². The van der Waals surface area contributed by atoms with Gasteiger partial charge in [-0.05, 0) is 53.6 Å². The maximum Gasteiger partial charge on any atom is 0.259 e. The number of para-hydroxylation sites is 1. The lowest BCUT2D eigenvalue weighted by Crippen LogP contribution is -2.14. The summed E-state index contributed by atoms with van der Waals surface area (Å²) in [4.78, 5) is 17.2. The third-order valence-electron chi connectivity index (χ3n) is 3.60. The Kier molecular flexibility index (Phi) is 4.34. The van der Waals surface area contributed by atoms with E-state index in [1.54, 1.807) is 0 Å². The van der Waals surface area contributed by atoms with Crippen molar-refractivity contribution < 1.29 is 9.32 Å². The molecule has 0 atom stereocenters. The third-order valence-corrected chi connectivity index (χ3v) is 4.54. The molecule has 0 bridgehead atoms. The normalized spacial score (nSPS) is 11.2. The molecule has 1 amide bonds. The number of amides is 1. The van der Waals surface area contributed by atoms with Gasteiger partial charge in [-0.25, -0.2) is 4.98 Å². The molecule has 0 aliphatic heterocycles. The maximum absolute atomic E-state index is 12.8. The van der Waals surface area contributed by atoms with Crippen LogP contribution in [0.25, 0.3) is 11.1 Å². The van der Waals surface area contributed by atoms with Gasteiger partial charge in [-0.3, -0.25) is 4.79 Å². The van der Waals surface area contributed by atoms with E-state index in [-0.39, 0.29) is 11.8 Å². The summed E-state index contributed by atoms with van der Waals surface area (Å²) in [6.45, 7) is 5.87. The summed E-state index contributed by atoms with van der Waals surface area (Å²) >= 11 is 2.20. The van der Waals surface area contributed by atoms with E-state index in [0.29, 0.717) is 22.4 Å². The molecule has 2 heterocycles. The maximum atomic E-state index is 12.8. The monoisotopic (exact) mass is 421 g/mol. The first-order valence-electron chi connectivity index (χ1n) is 7.30. The van der Waals surface area contributed by atoms with Crippen LogP contribution in [0.15, 0.2) is 34.9 Å². The van der Waals surface area contributed by atoms with Gasteiger partial charge >= 0.3 is 0 Å². The van der Waals surface area contributed by atoms with E-state index < -0.39 is 0 Å². The molecule has 3 aromatic rings. The second-order valence-corrected chi connectivity index (χ2v) is 6.79. The van der Waals surface area contributed by atoms with Crippen molar-refractivity contribution in [1.82, 2.24) is 10.1 Å². The summed E-state index contributed by atoms with van der Waals surface area (Å²) < 4.78 is 6.24. The lowest BCUT2D eigenvalue weighted by molar-refractivity contribution is 0.102. The summed E-state index contributed by atoms with van der Waals surface area (Å²) in [5.74, 6) is 0.00272. The van der Waals surface area contributed by atoms with Crippen molar-refractivity contribution in [3.8, 4) is 0 Å². The number of pyridine rings is 1. The molecule has 0 spiro atoms. The topological polar surface area (TPSA) is 68.0 Å². The van der Waals surface area contributed by atoms with E-state index in [1.807, 2.05) is 51.1 Å². The van der Waals surface area contributed by atoms with Crippen molar-refractivity contribution >= 4 is 45.3 Å². The predicted octanol–water partition coefficient (Wildman–Crippen LogP) is 4.51.